The van der Waals surface area contributed by atoms with Gasteiger partial charge in [0.15, 0.2) is 0 Å². The number of amides is 2. The fourth-order valence-corrected chi connectivity index (χ4v) is 3.97. The van der Waals surface area contributed by atoms with E-state index >= 15 is 0 Å². The van der Waals surface area contributed by atoms with Gasteiger partial charge in [-0.2, -0.15) is 0 Å². The molecule has 3 N–H and O–H groups in total. The van der Waals surface area contributed by atoms with E-state index in [9.17, 15) is 9.59 Å². The number of nitrogens with zero attached hydrogens (tertiary/aromatic N) is 4. The Morgan fingerprint density at radius 2 is 1.66 bits per heavy atom. The van der Waals surface area contributed by atoms with Crippen molar-refractivity contribution in [3.8, 4) is 0 Å². The van der Waals surface area contributed by atoms with Gasteiger partial charge in [-0.05, 0) is 42.5 Å². The highest BCUT2D eigenvalue weighted by Gasteiger charge is 2.19. The zero-order valence-corrected chi connectivity index (χ0v) is 20.3. The monoisotopic (exact) mass is 514 g/mol. The van der Waals surface area contributed by atoms with Crippen LogP contribution in [0.15, 0.2) is 54.9 Å². The number of β-amino-alcohol motifs (C(OH)–C–C–N with tert-alkyl or cyclic N) is 1. The number of aliphatic hydroxyl groups is 1. The molecule has 1 aliphatic rings. The second-order valence-corrected chi connectivity index (χ2v) is 8.79. The largest absolute Gasteiger partial charge is 0.395 e. The molecule has 11 heteroatoms. The minimum Gasteiger partial charge on any atom is -0.395 e. The van der Waals surface area contributed by atoms with E-state index in [4.69, 9.17) is 28.3 Å². The summed E-state index contributed by atoms with van der Waals surface area (Å²) in [5.41, 5.74) is 0.844. The zero-order chi connectivity index (χ0) is 24.8. The van der Waals surface area contributed by atoms with Gasteiger partial charge in [-0.3, -0.25) is 14.5 Å². The van der Waals surface area contributed by atoms with Crippen LogP contribution in [0.3, 0.4) is 0 Å². The Labute approximate surface area is 212 Å². The SMILES string of the molecule is O=C(Nc1ccc(Cl)cc1C(=O)Nc1ccc(Cl)cn1)c1ccc(N2CCN(CCO)CC2)nc1. The van der Waals surface area contributed by atoms with Gasteiger partial charge in [0.05, 0.1) is 28.4 Å². The molecule has 0 unspecified atom stereocenters. The number of nitrogens with one attached hydrogen (secondary N) is 2. The summed E-state index contributed by atoms with van der Waals surface area (Å²) in [6.07, 6.45) is 2.93. The number of rotatable bonds is 7. The summed E-state index contributed by atoms with van der Waals surface area (Å²) >= 11 is 11.9. The van der Waals surface area contributed by atoms with Crippen molar-refractivity contribution in [3.05, 3.63) is 76.0 Å². The molecule has 35 heavy (non-hydrogen) atoms. The van der Waals surface area contributed by atoms with E-state index in [-0.39, 0.29) is 12.2 Å². The Morgan fingerprint density at radius 1 is 0.886 bits per heavy atom. The number of pyridine rings is 2. The molecule has 0 atom stereocenters. The fraction of sp³-hybridized carbons (Fsp3) is 0.250. The maximum atomic E-state index is 12.9. The molecule has 0 radical (unpaired) electrons. The second kappa shape index (κ2) is 11.5. The molecular weight excluding hydrogens is 491 g/mol. The van der Waals surface area contributed by atoms with Crippen molar-refractivity contribution in [2.24, 2.45) is 0 Å². The molecule has 3 aromatic rings. The van der Waals surface area contributed by atoms with Gasteiger partial charge >= 0.3 is 0 Å². The quantitative estimate of drug-likeness (QED) is 0.443. The van der Waals surface area contributed by atoms with Gasteiger partial charge in [-0.1, -0.05) is 23.2 Å². The average Bonchev–Trinajstić information content (AvgIpc) is 2.87. The highest BCUT2D eigenvalue weighted by molar-refractivity contribution is 6.31. The van der Waals surface area contributed by atoms with Gasteiger partial charge in [0, 0.05) is 50.1 Å². The summed E-state index contributed by atoms with van der Waals surface area (Å²) in [5.74, 6) is 0.213. The van der Waals surface area contributed by atoms with Crippen LogP contribution < -0.4 is 15.5 Å². The van der Waals surface area contributed by atoms with Crippen molar-refractivity contribution in [1.29, 1.82) is 0 Å². The molecule has 182 valence electrons. The van der Waals surface area contributed by atoms with Crippen molar-refractivity contribution >= 4 is 52.3 Å². The molecule has 2 aromatic heterocycles. The highest BCUT2D eigenvalue weighted by Crippen LogP contribution is 2.23. The van der Waals surface area contributed by atoms with Crippen LogP contribution in [-0.4, -0.2) is 71.1 Å². The normalized spacial score (nSPS) is 14.0. The van der Waals surface area contributed by atoms with Gasteiger partial charge < -0.3 is 20.6 Å². The first-order chi connectivity index (χ1) is 16.9. The van der Waals surface area contributed by atoms with Gasteiger partial charge in [-0.15, -0.1) is 0 Å². The van der Waals surface area contributed by atoms with Crippen LogP contribution in [0.2, 0.25) is 10.0 Å². The number of carbonyl (C=O) groups excluding carboxylic acids is 2. The number of anilines is 3. The molecule has 3 heterocycles. The lowest BCUT2D eigenvalue weighted by Crippen LogP contribution is -2.47. The van der Waals surface area contributed by atoms with Crippen LogP contribution in [-0.2, 0) is 0 Å². The van der Waals surface area contributed by atoms with E-state index in [0.29, 0.717) is 33.7 Å². The number of piperazine rings is 1. The number of halogens is 2. The molecule has 1 aliphatic heterocycles. The minimum absolute atomic E-state index is 0.150. The fourth-order valence-electron chi connectivity index (χ4n) is 3.69. The highest BCUT2D eigenvalue weighted by atomic mass is 35.5. The molecule has 0 saturated carbocycles. The Bertz CT molecular complexity index is 1180. The van der Waals surface area contributed by atoms with Crippen molar-refractivity contribution in [3.63, 3.8) is 0 Å². The molecule has 1 saturated heterocycles. The van der Waals surface area contributed by atoms with E-state index in [2.05, 4.69) is 30.4 Å². The van der Waals surface area contributed by atoms with Gasteiger partial charge in [0.2, 0.25) is 0 Å². The summed E-state index contributed by atoms with van der Waals surface area (Å²) in [6, 6.07) is 11.3. The maximum Gasteiger partial charge on any atom is 0.258 e. The van der Waals surface area contributed by atoms with Crippen molar-refractivity contribution in [2.45, 2.75) is 0 Å². The lowest BCUT2D eigenvalue weighted by Gasteiger charge is -2.35. The maximum absolute atomic E-state index is 12.9. The Morgan fingerprint density at radius 3 is 2.31 bits per heavy atom. The predicted molar refractivity (Wildman–Crippen MR) is 137 cm³/mol. The van der Waals surface area contributed by atoms with Crippen LogP contribution in [0, 0.1) is 0 Å². The van der Waals surface area contributed by atoms with E-state index in [0.717, 1.165) is 32.0 Å². The minimum atomic E-state index is -0.480. The number of aliphatic hydroxyl groups excluding tert-OH is 1. The first-order valence-corrected chi connectivity index (χ1v) is 11.8. The Hall–Kier alpha value is -3.24. The third-order valence-corrected chi connectivity index (χ3v) is 6.02. The summed E-state index contributed by atoms with van der Waals surface area (Å²) in [7, 11) is 0. The predicted octanol–water partition coefficient (Wildman–Crippen LogP) is 3.40. The third kappa shape index (κ3) is 6.46. The molecule has 9 nitrogen and oxygen atoms in total. The average molecular weight is 515 g/mol. The van der Waals surface area contributed by atoms with Crippen LogP contribution in [0.25, 0.3) is 0 Å². The summed E-state index contributed by atoms with van der Waals surface area (Å²) in [6.45, 7) is 4.10. The van der Waals surface area contributed by atoms with Crippen LogP contribution in [0.5, 0.6) is 0 Å². The van der Waals surface area contributed by atoms with E-state index < -0.39 is 11.8 Å². The van der Waals surface area contributed by atoms with Crippen molar-refractivity contribution in [2.75, 3.05) is 54.9 Å². The standard InChI is InChI=1S/C24H24Cl2N6O3/c25-17-2-4-20(19(13-17)24(35)30-21-5-3-18(26)15-27-21)29-23(34)16-1-6-22(28-14-16)32-9-7-31(8-10-32)11-12-33/h1-6,13-15,33H,7-12H2,(H,29,34)(H,27,30,35). The summed E-state index contributed by atoms with van der Waals surface area (Å²) in [5, 5.41) is 15.3. The molecule has 0 aliphatic carbocycles. The third-order valence-electron chi connectivity index (χ3n) is 5.57. The van der Waals surface area contributed by atoms with Crippen LogP contribution >= 0.6 is 23.2 Å². The first kappa shape index (κ1) is 24.9. The van der Waals surface area contributed by atoms with Crippen molar-refractivity contribution < 1.29 is 14.7 Å². The first-order valence-electron chi connectivity index (χ1n) is 11.0. The summed E-state index contributed by atoms with van der Waals surface area (Å²) in [4.78, 5) is 38.6. The Balaban J connectivity index is 1.43. The molecule has 2 amide bonds. The van der Waals surface area contributed by atoms with E-state index in [1.807, 2.05) is 0 Å². The molecule has 1 aromatic carbocycles. The molecular formula is C24H24Cl2N6O3. The molecule has 0 bridgehead atoms. The number of carbonyl (C=O) groups is 2. The second-order valence-electron chi connectivity index (χ2n) is 7.92. The lowest BCUT2D eigenvalue weighted by atomic mass is 10.1. The van der Waals surface area contributed by atoms with E-state index in [1.165, 1.54) is 18.5 Å². The summed E-state index contributed by atoms with van der Waals surface area (Å²) < 4.78 is 0. The number of hydrogen-bond acceptors (Lipinski definition) is 7. The topological polar surface area (TPSA) is 111 Å². The molecule has 0 spiro atoms. The van der Waals surface area contributed by atoms with Crippen molar-refractivity contribution in [1.82, 2.24) is 14.9 Å². The number of aromatic nitrogens is 2. The lowest BCUT2D eigenvalue weighted by molar-refractivity contribution is 0.102. The smallest absolute Gasteiger partial charge is 0.258 e. The molecule has 1 fully saturated rings. The number of hydrogen-bond donors (Lipinski definition) is 3. The number of benzene rings is 1. The van der Waals surface area contributed by atoms with Gasteiger partial charge in [0.1, 0.15) is 11.6 Å². The zero-order valence-electron chi connectivity index (χ0n) is 18.7. The Kier molecular flexibility index (Phi) is 8.14. The molecule has 4 rings (SSSR count). The van der Waals surface area contributed by atoms with E-state index in [1.54, 1.807) is 36.4 Å². The van der Waals surface area contributed by atoms with Crippen LogP contribution in [0.4, 0.5) is 17.3 Å². The van der Waals surface area contributed by atoms with Gasteiger partial charge in [-0.25, -0.2) is 9.97 Å². The van der Waals surface area contributed by atoms with Gasteiger partial charge in [0.25, 0.3) is 11.8 Å². The van der Waals surface area contributed by atoms with Crippen LogP contribution in [0.1, 0.15) is 20.7 Å².